The molecule has 0 amide bonds. The van der Waals surface area contributed by atoms with Gasteiger partial charge in [-0.05, 0) is 32.6 Å². The minimum absolute atomic E-state index is 0.0777. The van der Waals surface area contributed by atoms with Gasteiger partial charge in [0.2, 0.25) is 0 Å². The van der Waals surface area contributed by atoms with Gasteiger partial charge in [-0.3, -0.25) is 11.3 Å². The van der Waals surface area contributed by atoms with Crippen molar-refractivity contribution >= 4 is 11.3 Å². The summed E-state index contributed by atoms with van der Waals surface area (Å²) < 4.78 is 11.6. The van der Waals surface area contributed by atoms with Crippen molar-refractivity contribution in [2.45, 2.75) is 44.8 Å². The number of nitrogens with one attached hydrogen (secondary N) is 1. The van der Waals surface area contributed by atoms with Crippen molar-refractivity contribution in [3.8, 4) is 0 Å². The van der Waals surface area contributed by atoms with Crippen molar-refractivity contribution in [2.24, 2.45) is 11.8 Å². The van der Waals surface area contributed by atoms with E-state index in [-0.39, 0.29) is 11.6 Å². The van der Waals surface area contributed by atoms with Crippen molar-refractivity contribution in [2.75, 3.05) is 19.8 Å². The fourth-order valence-electron chi connectivity index (χ4n) is 3.47. The highest BCUT2D eigenvalue weighted by Crippen LogP contribution is 2.42. The number of hydrogen-bond donors (Lipinski definition) is 2. The van der Waals surface area contributed by atoms with Crippen LogP contribution in [0.15, 0.2) is 0 Å². The molecule has 20 heavy (non-hydrogen) atoms. The molecule has 3 unspecified atom stereocenters. The first kappa shape index (κ1) is 14.4. The third-order valence-electron chi connectivity index (χ3n) is 4.47. The van der Waals surface area contributed by atoms with Crippen LogP contribution in [-0.4, -0.2) is 30.4 Å². The largest absolute Gasteiger partial charge is 0.378 e. The zero-order valence-corrected chi connectivity index (χ0v) is 13.0. The molecule has 3 atom stereocenters. The minimum atomic E-state index is -0.0777. The van der Waals surface area contributed by atoms with Gasteiger partial charge in [-0.1, -0.05) is 0 Å². The van der Waals surface area contributed by atoms with Crippen LogP contribution in [0.3, 0.4) is 0 Å². The Morgan fingerprint density at radius 3 is 2.90 bits per heavy atom. The third-order valence-corrected chi connectivity index (χ3v) is 5.63. The van der Waals surface area contributed by atoms with E-state index < -0.39 is 0 Å². The molecule has 3 rings (SSSR count). The number of aryl methyl sites for hydroxylation is 2. The highest BCUT2D eigenvalue weighted by atomic mass is 32.1. The van der Waals surface area contributed by atoms with Crippen LogP contribution in [0.4, 0.5) is 0 Å². The molecule has 1 spiro atoms. The number of nitrogens with zero attached hydrogens (tertiary/aromatic N) is 1. The molecule has 0 radical (unpaired) electrons. The Hall–Kier alpha value is -0.530. The summed E-state index contributed by atoms with van der Waals surface area (Å²) in [4.78, 5) is 5.80. The lowest BCUT2D eigenvalue weighted by Gasteiger charge is -2.40. The number of ether oxygens (including phenoxy) is 2. The van der Waals surface area contributed by atoms with Gasteiger partial charge in [0.15, 0.2) is 0 Å². The lowest BCUT2D eigenvalue weighted by Crippen LogP contribution is -2.45. The monoisotopic (exact) mass is 297 g/mol. The van der Waals surface area contributed by atoms with E-state index in [0.717, 1.165) is 49.8 Å². The average molecular weight is 297 g/mol. The highest BCUT2D eigenvalue weighted by Gasteiger charge is 2.43. The van der Waals surface area contributed by atoms with E-state index in [1.807, 2.05) is 6.92 Å². The van der Waals surface area contributed by atoms with Crippen LogP contribution >= 0.6 is 11.3 Å². The van der Waals surface area contributed by atoms with Crippen LogP contribution in [0.2, 0.25) is 0 Å². The Morgan fingerprint density at radius 1 is 1.45 bits per heavy atom. The average Bonchev–Trinajstić information content (AvgIpc) is 2.99. The van der Waals surface area contributed by atoms with Crippen LogP contribution in [0.25, 0.3) is 0 Å². The zero-order chi connectivity index (χ0) is 14.2. The second-order valence-electron chi connectivity index (χ2n) is 5.91. The molecule has 2 aliphatic heterocycles. The van der Waals surface area contributed by atoms with Crippen LogP contribution in [0.1, 0.15) is 40.9 Å². The smallest absolute Gasteiger partial charge is 0.0940 e. The van der Waals surface area contributed by atoms with Crippen molar-refractivity contribution in [3.05, 3.63) is 15.6 Å². The van der Waals surface area contributed by atoms with Gasteiger partial charge >= 0.3 is 0 Å². The molecule has 1 aromatic rings. The van der Waals surface area contributed by atoms with E-state index in [0.29, 0.717) is 5.92 Å². The first-order chi connectivity index (χ1) is 9.63. The maximum Gasteiger partial charge on any atom is 0.0940 e. The molecular weight excluding hydrogens is 274 g/mol. The van der Waals surface area contributed by atoms with Gasteiger partial charge in [-0.15, -0.1) is 11.3 Å². The maximum absolute atomic E-state index is 6.02. The predicted octanol–water partition coefficient (Wildman–Crippen LogP) is 1.85. The first-order valence-corrected chi connectivity index (χ1v) is 8.07. The lowest BCUT2D eigenvalue weighted by molar-refractivity contribution is -0.103. The standard InChI is InChI=1S/C14H23N3O2S/c1-9-13(20-10(2)16-9)12(17-15)11-3-5-19-14(7-11)4-6-18-8-14/h11-12,17H,3-8,15H2,1-2H3. The normalized spacial score (nSPS) is 31.9. The van der Waals surface area contributed by atoms with Crippen LogP contribution in [-0.2, 0) is 9.47 Å². The maximum atomic E-state index is 6.02. The number of rotatable bonds is 3. The highest BCUT2D eigenvalue weighted by molar-refractivity contribution is 7.11. The molecule has 2 fully saturated rings. The Kier molecular flexibility index (Phi) is 4.10. The quantitative estimate of drug-likeness (QED) is 0.658. The predicted molar refractivity (Wildman–Crippen MR) is 78.5 cm³/mol. The first-order valence-electron chi connectivity index (χ1n) is 7.25. The fourth-order valence-corrected chi connectivity index (χ4v) is 4.56. The summed E-state index contributed by atoms with van der Waals surface area (Å²) in [6, 6.07) is 0.169. The molecule has 0 aromatic carbocycles. The van der Waals surface area contributed by atoms with E-state index >= 15 is 0 Å². The van der Waals surface area contributed by atoms with E-state index in [1.54, 1.807) is 11.3 Å². The molecule has 0 aliphatic carbocycles. The molecule has 3 heterocycles. The second-order valence-corrected chi connectivity index (χ2v) is 7.15. The number of thiazole rings is 1. The Bertz CT molecular complexity index is 471. The summed E-state index contributed by atoms with van der Waals surface area (Å²) in [5.74, 6) is 6.34. The molecule has 112 valence electrons. The summed E-state index contributed by atoms with van der Waals surface area (Å²) in [7, 11) is 0. The summed E-state index contributed by atoms with van der Waals surface area (Å²) in [5.41, 5.74) is 4.04. The van der Waals surface area contributed by atoms with Crippen LogP contribution < -0.4 is 11.3 Å². The Labute approximate surface area is 123 Å². The van der Waals surface area contributed by atoms with Crippen molar-refractivity contribution in [1.82, 2.24) is 10.4 Å². The number of hydrogen-bond acceptors (Lipinski definition) is 6. The fraction of sp³-hybridized carbons (Fsp3) is 0.786. The molecule has 6 heteroatoms. The van der Waals surface area contributed by atoms with Gasteiger partial charge in [-0.25, -0.2) is 4.98 Å². The topological polar surface area (TPSA) is 69.4 Å². The molecule has 0 saturated carbocycles. The third kappa shape index (κ3) is 2.63. The summed E-state index contributed by atoms with van der Waals surface area (Å²) in [5, 5.41) is 1.10. The number of aromatic nitrogens is 1. The summed E-state index contributed by atoms with van der Waals surface area (Å²) in [6.07, 6.45) is 3.05. The van der Waals surface area contributed by atoms with E-state index in [9.17, 15) is 0 Å². The van der Waals surface area contributed by atoms with E-state index in [2.05, 4.69) is 17.3 Å². The van der Waals surface area contributed by atoms with Gasteiger partial charge in [0.25, 0.3) is 0 Å². The van der Waals surface area contributed by atoms with Gasteiger partial charge in [0, 0.05) is 24.5 Å². The van der Waals surface area contributed by atoms with Crippen LogP contribution in [0.5, 0.6) is 0 Å². The molecule has 2 saturated heterocycles. The molecular formula is C14H23N3O2S. The van der Waals surface area contributed by atoms with Crippen molar-refractivity contribution < 1.29 is 9.47 Å². The van der Waals surface area contributed by atoms with Gasteiger partial charge in [0.1, 0.15) is 0 Å². The van der Waals surface area contributed by atoms with Gasteiger partial charge in [-0.2, -0.15) is 0 Å². The molecule has 5 nitrogen and oxygen atoms in total. The van der Waals surface area contributed by atoms with Crippen LogP contribution in [0, 0.1) is 19.8 Å². The van der Waals surface area contributed by atoms with Crippen molar-refractivity contribution in [1.29, 1.82) is 0 Å². The SMILES string of the molecule is Cc1nc(C)c(C(NN)C2CCOC3(CCOC3)C2)s1. The lowest BCUT2D eigenvalue weighted by atomic mass is 9.80. The molecule has 2 aliphatic rings. The van der Waals surface area contributed by atoms with Gasteiger partial charge in [0.05, 0.1) is 29.0 Å². The Balaban J connectivity index is 1.80. The van der Waals surface area contributed by atoms with E-state index in [4.69, 9.17) is 15.3 Å². The molecule has 0 bridgehead atoms. The number of nitrogens with two attached hydrogens (primary N) is 1. The second kappa shape index (κ2) is 5.69. The van der Waals surface area contributed by atoms with E-state index in [1.165, 1.54) is 4.88 Å². The minimum Gasteiger partial charge on any atom is -0.378 e. The van der Waals surface area contributed by atoms with Gasteiger partial charge < -0.3 is 9.47 Å². The summed E-state index contributed by atoms with van der Waals surface area (Å²) >= 11 is 1.75. The molecule has 1 aromatic heterocycles. The zero-order valence-electron chi connectivity index (χ0n) is 12.1. The summed E-state index contributed by atoms with van der Waals surface area (Å²) in [6.45, 7) is 6.44. The van der Waals surface area contributed by atoms with Crippen molar-refractivity contribution in [3.63, 3.8) is 0 Å². The number of hydrazine groups is 1. The molecule has 3 N–H and O–H groups in total. The Morgan fingerprint density at radius 2 is 2.30 bits per heavy atom.